The molecule has 0 aromatic carbocycles. The van der Waals surface area contributed by atoms with Gasteiger partial charge in [0.1, 0.15) is 0 Å². The van der Waals surface area contributed by atoms with Crippen LogP contribution in [-0.4, -0.2) is 35.1 Å². The number of rotatable bonds is 5. The van der Waals surface area contributed by atoms with E-state index in [1.807, 2.05) is 11.7 Å². The molecule has 2 heterocycles. The summed E-state index contributed by atoms with van der Waals surface area (Å²) in [5.41, 5.74) is 2.37. The topological polar surface area (TPSA) is 28.2 Å². The maximum Gasteiger partial charge on any atom is 0.0794 e. The summed E-state index contributed by atoms with van der Waals surface area (Å²) in [4.78, 5) is 8.40. The molecule has 0 spiro atoms. The first-order valence-corrected chi connectivity index (χ1v) is 9.55. The van der Waals surface area contributed by atoms with Crippen LogP contribution < -0.4 is 5.32 Å². The Morgan fingerprint density at radius 1 is 1.19 bits per heavy atom. The van der Waals surface area contributed by atoms with E-state index in [4.69, 9.17) is 0 Å². The predicted molar refractivity (Wildman–Crippen MR) is 89.8 cm³/mol. The molecule has 1 saturated heterocycles. The Morgan fingerprint density at radius 3 is 2.57 bits per heavy atom. The average molecular weight is 308 g/mol. The molecule has 1 aliphatic carbocycles. The molecule has 3 rings (SSSR count). The third-order valence-electron chi connectivity index (χ3n) is 5.43. The first kappa shape index (κ1) is 15.4. The summed E-state index contributed by atoms with van der Waals surface area (Å²) in [7, 11) is 0. The maximum atomic E-state index is 4.21. The van der Waals surface area contributed by atoms with E-state index in [-0.39, 0.29) is 0 Å². The fourth-order valence-corrected chi connectivity index (χ4v) is 4.72. The molecule has 1 saturated carbocycles. The first-order valence-electron chi connectivity index (χ1n) is 8.67. The molecule has 0 radical (unpaired) electrons. The Kier molecular flexibility index (Phi) is 5.30. The van der Waals surface area contributed by atoms with Crippen molar-refractivity contribution in [3.8, 4) is 0 Å². The summed E-state index contributed by atoms with van der Waals surface area (Å²) in [5.74, 6) is 0. The van der Waals surface area contributed by atoms with Crippen LogP contribution in [0.4, 0.5) is 0 Å². The Bertz CT molecular complexity index is 406. The average Bonchev–Trinajstić information content (AvgIpc) is 3.09. The van der Waals surface area contributed by atoms with Crippen molar-refractivity contribution in [2.75, 3.05) is 19.6 Å². The molecular weight excluding hydrogens is 278 g/mol. The summed E-state index contributed by atoms with van der Waals surface area (Å²) in [6.45, 7) is 6.06. The van der Waals surface area contributed by atoms with Crippen LogP contribution in [-0.2, 0) is 0 Å². The van der Waals surface area contributed by atoms with Crippen LogP contribution in [0.25, 0.3) is 0 Å². The first-order chi connectivity index (χ1) is 10.3. The van der Waals surface area contributed by atoms with Crippen LogP contribution in [0.15, 0.2) is 11.7 Å². The Morgan fingerprint density at radius 2 is 1.90 bits per heavy atom. The van der Waals surface area contributed by atoms with Crippen molar-refractivity contribution in [1.29, 1.82) is 0 Å². The molecule has 1 atom stereocenters. The van der Waals surface area contributed by atoms with Crippen molar-refractivity contribution in [3.05, 3.63) is 16.6 Å². The van der Waals surface area contributed by atoms with Gasteiger partial charge in [0.05, 0.1) is 5.51 Å². The van der Waals surface area contributed by atoms with Crippen molar-refractivity contribution in [2.24, 2.45) is 0 Å². The van der Waals surface area contributed by atoms with Gasteiger partial charge in [-0.15, -0.1) is 11.3 Å². The van der Waals surface area contributed by atoms with Crippen molar-refractivity contribution in [1.82, 2.24) is 15.2 Å². The highest BCUT2D eigenvalue weighted by molar-refractivity contribution is 7.09. The standard InChI is InChI=1S/C17H29N3S/c1-15(16-12-18-14-21-16)19-13-17(8-4-2-5-9-17)20-10-6-3-7-11-20/h12,14-15,19H,2-11,13H2,1H3. The second-order valence-corrected chi connectivity index (χ2v) is 7.76. The van der Waals surface area contributed by atoms with Crippen LogP contribution in [0.1, 0.15) is 69.2 Å². The van der Waals surface area contributed by atoms with Gasteiger partial charge >= 0.3 is 0 Å². The van der Waals surface area contributed by atoms with Crippen LogP contribution in [0, 0.1) is 0 Å². The van der Waals surface area contributed by atoms with Gasteiger partial charge in [-0.2, -0.15) is 0 Å². The van der Waals surface area contributed by atoms with Gasteiger partial charge < -0.3 is 5.32 Å². The quantitative estimate of drug-likeness (QED) is 0.892. The Labute approximate surface area is 133 Å². The van der Waals surface area contributed by atoms with Gasteiger partial charge in [-0.25, -0.2) is 0 Å². The number of nitrogens with one attached hydrogen (secondary N) is 1. The van der Waals surface area contributed by atoms with Crippen LogP contribution in [0.2, 0.25) is 0 Å². The van der Waals surface area contributed by atoms with Gasteiger partial charge in [0.2, 0.25) is 0 Å². The number of nitrogens with zero attached hydrogens (tertiary/aromatic N) is 2. The van der Waals surface area contributed by atoms with Crippen molar-refractivity contribution in [2.45, 2.75) is 69.9 Å². The Balaban J connectivity index is 1.64. The zero-order chi connectivity index (χ0) is 14.5. The molecule has 118 valence electrons. The summed E-state index contributed by atoms with van der Waals surface area (Å²) in [5, 5.41) is 3.82. The highest BCUT2D eigenvalue weighted by Gasteiger charge is 2.38. The number of piperidine rings is 1. The zero-order valence-corrected chi connectivity index (χ0v) is 14.1. The van der Waals surface area contributed by atoms with E-state index < -0.39 is 0 Å². The van der Waals surface area contributed by atoms with Gasteiger partial charge in [-0.05, 0) is 45.7 Å². The van der Waals surface area contributed by atoms with E-state index in [2.05, 4.69) is 22.1 Å². The van der Waals surface area contributed by atoms with Crippen molar-refractivity contribution in [3.63, 3.8) is 0 Å². The monoisotopic (exact) mass is 307 g/mol. The highest BCUT2D eigenvalue weighted by Crippen LogP contribution is 2.35. The van der Waals surface area contributed by atoms with Gasteiger partial charge in [0.25, 0.3) is 0 Å². The largest absolute Gasteiger partial charge is 0.308 e. The lowest BCUT2D eigenvalue weighted by atomic mass is 9.79. The van der Waals surface area contributed by atoms with Crippen LogP contribution >= 0.6 is 11.3 Å². The SMILES string of the molecule is CC(NCC1(N2CCCCC2)CCCCC1)c1cncs1. The van der Waals surface area contributed by atoms with Gasteiger partial charge in [-0.1, -0.05) is 25.7 Å². The zero-order valence-electron chi connectivity index (χ0n) is 13.3. The minimum absolute atomic E-state index is 0.428. The molecule has 2 aliphatic rings. The summed E-state index contributed by atoms with van der Waals surface area (Å²) < 4.78 is 0. The smallest absolute Gasteiger partial charge is 0.0794 e. The molecule has 0 amide bonds. The highest BCUT2D eigenvalue weighted by atomic mass is 32.1. The summed E-state index contributed by atoms with van der Waals surface area (Å²) in [6, 6.07) is 0.432. The lowest BCUT2D eigenvalue weighted by Gasteiger charge is -2.49. The molecular formula is C17H29N3S. The van der Waals surface area contributed by atoms with E-state index in [0.29, 0.717) is 11.6 Å². The van der Waals surface area contributed by atoms with Crippen LogP contribution in [0.5, 0.6) is 0 Å². The Hall–Kier alpha value is -0.450. The number of hydrogen-bond acceptors (Lipinski definition) is 4. The van der Waals surface area contributed by atoms with E-state index in [0.717, 1.165) is 6.54 Å². The molecule has 1 aromatic rings. The van der Waals surface area contributed by atoms with Crippen molar-refractivity contribution >= 4 is 11.3 Å². The summed E-state index contributed by atoms with van der Waals surface area (Å²) >= 11 is 1.76. The van der Waals surface area contributed by atoms with Crippen LogP contribution in [0.3, 0.4) is 0 Å². The van der Waals surface area contributed by atoms with Gasteiger partial charge in [-0.3, -0.25) is 9.88 Å². The van der Waals surface area contributed by atoms with E-state index in [1.165, 1.54) is 69.3 Å². The van der Waals surface area contributed by atoms with E-state index in [9.17, 15) is 0 Å². The minimum atomic E-state index is 0.428. The molecule has 0 bridgehead atoms. The fourth-order valence-electron chi connectivity index (χ4n) is 4.07. The third kappa shape index (κ3) is 3.66. The normalized spacial score (nSPS) is 24.8. The second kappa shape index (κ2) is 7.21. The number of likely N-dealkylation sites (tertiary alicyclic amines) is 1. The number of aromatic nitrogens is 1. The van der Waals surface area contributed by atoms with Crippen molar-refractivity contribution < 1.29 is 0 Å². The van der Waals surface area contributed by atoms with E-state index >= 15 is 0 Å². The molecule has 1 N–H and O–H groups in total. The molecule has 1 aliphatic heterocycles. The number of hydrogen-bond donors (Lipinski definition) is 1. The lowest BCUT2D eigenvalue weighted by Crippen LogP contribution is -2.57. The third-order valence-corrected chi connectivity index (χ3v) is 6.38. The van der Waals surface area contributed by atoms with Gasteiger partial charge in [0, 0.05) is 29.2 Å². The molecule has 4 heteroatoms. The number of thiazole rings is 1. The molecule has 1 unspecified atom stereocenters. The summed E-state index contributed by atoms with van der Waals surface area (Å²) in [6.07, 6.45) is 13.2. The molecule has 2 fully saturated rings. The molecule has 3 nitrogen and oxygen atoms in total. The predicted octanol–water partition coefficient (Wildman–Crippen LogP) is 3.98. The molecule has 1 aromatic heterocycles. The van der Waals surface area contributed by atoms with Gasteiger partial charge in [0.15, 0.2) is 0 Å². The molecule has 21 heavy (non-hydrogen) atoms. The second-order valence-electron chi connectivity index (χ2n) is 6.84. The van der Waals surface area contributed by atoms with E-state index in [1.54, 1.807) is 11.3 Å². The minimum Gasteiger partial charge on any atom is -0.308 e. The lowest BCUT2D eigenvalue weighted by molar-refractivity contribution is 0.0318. The maximum absolute atomic E-state index is 4.21. The fraction of sp³-hybridized carbons (Fsp3) is 0.824.